The van der Waals surface area contributed by atoms with Gasteiger partial charge in [-0.25, -0.2) is 0 Å². The van der Waals surface area contributed by atoms with Gasteiger partial charge in [0.15, 0.2) is 0 Å². The highest BCUT2D eigenvalue weighted by molar-refractivity contribution is 8.00. The highest BCUT2D eigenvalue weighted by Gasteiger charge is 2.31. The quantitative estimate of drug-likeness (QED) is 0.170. The van der Waals surface area contributed by atoms with Crippen molar-refractivity contribution < 1.29 is 22.7 Å². The van der Waals surface area contributed by atoms with Gasteiger partial charge in [0.2, 0.25) is 5.75 Å². The monoisotopic (exact) mass is 642 g/mol. The molecule has 0 N–H and O–H groups in total. The van der Waals surface area contributed by atoms with Gasteiger partial charge >= 0.3 is 11.1 Å². The second-order valence-electron chi connectivity index (χ2n) is 10.6. The SMILES string of the molecule is O=C(c1cccc(SC(F)(F)F)c1)N1CCN(c2cnn(-c3ccccc3)c(=O)c2OC(c2ccccc2)c2ccccc2)CC1. The number of rotatable bonds is 8. The number of ether oxygens (including phenoxy) is 1. The van der Waals surface area contributed by atoms with Gasteiger partial charge in [0, 0.05) is 36.6 Å². The Morgan fingerprint density at radius 1 is 0.783 bits per heavy atom. The molecule has 5 aromatic rings. The fourth-order valence-electron chi connectivity index (χ4n) is 5.38. The first-order chi connectivity index (χ1) is 22.3. The van der Waals surface area contributed by atoms with Gasteiger partial charge in [0.05, 0.1) is 11.9 Å². The minimum Gasteiger partial charge on any atom is -0.473 e. The Balaban J connectivity index is 1.30. The van der Waals surface area contributed by atoms with Crippen molar-refractivity contribution in [2.24, 2.45) is 0 Å². The standard InChI is InChI=1S/C35H29F3N4O3S/c36-35(37,38)46-29-18-10-15-27(23-29)33(43)41-21-19-40(20-22-41)30-24-39-42(28-16-8-3-9-17-28)34(44)32(30)45-31(25-11-4-1-5-12-25)26-13-6-2-7-14-26/h1-18,23-24,31H,19-22H2. The summed E-state index contributed by atoms with van der Waals surface area (Å²) in [5.74, 6) is -0.236. The summed E-state index contributed by atoms with van der Waals surface area (Å²) in [7, 11) is 0. The van der Waals surface area contributed by atoms with Crippen LogP contribution in [0, 0.1) is 0 Å². The molecule has 11 heteroatoms. The van der Waals surface area contributed by atoms with E-state index in [1.165, 1.54) is 28.9 Å². The summed E-state index contributed by atoms with van der Waals surface area (Å²) in [5.41, 5.74) is -1.89. The van der Waals surface area contributed by atoms with Crippen molar-refractivity contribution in [3.63, 3.8) is 0 Å². The van der Waals surface area contributed by atoms with Crippen LogP contribution in [0.15, 0.2) is 131 Å². The maximum Gasteiger partial charge on any atom is 0.446 e. The predicted molar refractivity (Wildman–Crippen MR) is 172 cm³/mol. The van der Waals surface area contributed by atoms with Crippen molar-refractivity contribution in [2.45, 2.75) is 16.5 Å². The van der Waals surface area contributed by atoms with Gasteiger partial charge in [-0.2, -0.15) is 23.0 Å². The number of carbonyl (C=O) groups is 1. The molecule has 1 fully saturated rings. The number of amides is 1. The number of para-hydroxylation sites is 1. The van der Waals surface area contributed by atoms with E-state index in [0.29, 0.717) is 24.5 Å². The molecule has 4 aromatic carbocycles. The van der Waals surface area contributed by atoms with Crippen LogP contribution in [0.3, 0.4) is 0 Å². The van der Waals surface area contributed by atoms with Crippen LogP contribution in [0.5, 0.6) is 5.75 Å². The number of halogens is 3. The summed E-state index contributed by atoms with van der Waals surface area (Å²) in [6.45, 7) is 1.29. The maximum atomic E-state index is 14.1. The molecule has 6 rings (SSSR count). The van der Waals surface area contributed by atoms with Gasteiger partial charge in [0.25, 0.3) is 5.91 Å². The van der Waals surface area contributed by atoms with E-state index >= 15 is 0 Å². The van der Waals surface area contributed by atoms with Crippen LogP contribution in [0.1, 0.15) is 27.6 Å². The Hall–Kier alpha value is -5.03. The van der Waals surface area contributed by atoms with Crippen molar-refractivity contribution in [3.05, 3.63) is 149 Å². The topological polar surface area (TPSA) is 67.7 Å². The predicted octanol–water partition coefficient (Wildman–Crippen LogP) is 6.98. The fraction of sp³-hybridized carbons (Fsp3) is 0.171. The Morgan fingerprint density at radius 3 is 1.96 bits per heavy atom. The Kier molecular flexibility index (Phi) is 9.11. The third-order valence-corrected chi connectivity index (χ3v) is 8.30. The van der Waals surface area contributed by atoms with Crippen LogP contribution >= 0.6 is 11.8 Å². The molecular weight excluding hydrogens is 613 g/mol. The second kappa shape index (κ2) is 13.5. The molecule has 7 nitrogen and oxygen atoms in total. The largest absolute Gasteiger partial charge is 0.473 e. The molecule has 1 saturated heterocycles. The van der Waals surface area contributed by atoms with Crippen LogP contribution in [0.4, 0.5) is 18.9 Å². The molecule has 1 amide bonds. The number of benzene rings is 4. The molecule has 1 aliphatic heterocycles. The molecule has 0 spiro atoms. The molecule has 0 bridgehead atoms. The van der Waals surface area contributed by atoms with E-state index in [-0.39, 0.29) is 47.0 Å². The second-order valence-corrected chi connectivity index (χ2v) is 11.7. The molecule has 1 aromatic heterocycles. The number of alkyl halides is 3. The third-order valence-electron chi connectivity index (χ3n) is 7.58. The van der Waals surface area contributed by atoms with Gasteiger partial charge in [-0.1, -0.05) is 84.9 Å². The lowest BCUT2D eigenvalue weighted by Crippen LogP contribution is -2.49. The molecule has 234 valence electrons. The van der Waals surface area contributed by atoms with E-state index in [4.69, 9.17) is 4.74 Å². The maximum absolute atomic E-state index is 14.1. The third kappa shape index (κ3) is 7.10. The van der Waals surface area contributed by atoms with Crippen molar-refractivity contribution in [1.29, 1.82) is 0 Å². The number of aromatic nitrogens is 2. The summed E-state index contributed by atoms with van der Waals surface area (Å²) in [5, 5.41) is 4.49. The van der Waals surface area contributed by atoms with E-state index in [2.05, 4.69) is 5.10 Å². The molecule has 2 heterocycles. The van der Waals surface area contributed by atoms with E-state index < -0.39 is 17.2 Å². The number of piperazine rings is 1. The van der Waals surface area contributed by atoms with E-state index in [1.54, 1.807) is 23.2 Å². The van der Waals surface area contributed by atoms with Crippen LogP contribution in [-0.2, 0) is 0 Å². The highest BCUT2D eigenvalue weighted by atomic mass is 32.2. The molecule has 0 atom stereocenters. The Labute approximate surface area is 267 Å². The number of thioether (sulfide) groups is 1. The van der Waals surface area contributed by atoms with Gasteiger partial charge in [-0.15, -0.1) is 0 Å². The van der Waals surface area contributed by atoms with Crippen LogP contribution < -0.4 is 15.2 Å². The van der Waals surface area contributed by atoms with Gasteiger partial charge in [0.1, 0.15) is 11.8 Å². The van der Waals surface area contributed by atoms with Crippen molar-refractivity contribution in [3.8, 4) is 11.4 Å². The normalized spacial score (nSPS) is 13.6. The summed E-state index contributed by atoms with van der Waals surface area (Å²) < 4.78 is 46.7. The Bertz CT molecular complexity index is 1810. The number of carbonyl (C=O) groups excluding carboxylic acids is 1. The molecule has 1 aliphatic rings. The van der Waals surface area contributed by atoms with E-state index in [9.17, 15) is 22.8 Å². The molecular formula is C35H29F3N4O3S. The van der Waals surface area contributed by atoms with Gasteiger partial charge in [-0.05, 0) is 53.2 Å². The van der Waals surface area contributed by atoms with Gasteiger partial charge < -0.3 is 14.5 Å². The first-order valence-corrected chi connectivity index (χ1v) is 15.4. The zero-order valence-electron chi connectivity index (χ0n) is 24.5. The number of hydrogen-bond donors (Lipinski definition) is 0. The summed E-state index contributed by atoms with van der Waals surface area (Å²) in [4.78, 5) is 30.9. The van der Waals surface area contributed by atoms with Crippen LogP contribution in [-0.4, -0.2) is 52.3 Å². The van der Waals surface area contributed by atoms with Gasteiger partial charge in [-0.3, -0.25) is 9.59 Å². The minimum absolute atomic E-state index is 0.0461. The molecule has 0 radical (unpaired) electrons. The molecule has 46 heavy (non-hydrogen) atoms. The van der Waals surface area contributed by atoms with E-state index in [0.717, 1.165) is 11.1 Å². The zero-order chi connectivity index (χ0) is 32.1. The van der Waals surface area contributed by atoms with Crippen LogP contribution in [0.25, 0.3) is 5.69 Å². The first-order valence-electron chi connectivity index (χ1n) is 14.6. The lowest BCUT2D eigenvalue weighted by molar-refractivity contribution is -0.0328. The Morgan fingerprint density at radius 2 is 1.37 bits per heavy atom. The highest BCUT2D eigenvalue weighted by Crippen LogP contribution is 2.37. The zero-order valence-corrected chi connectivity index (χ0v) is 25.3. The smallest absolute Gasteiger partial charge is 0.446 e. The number of anilines is 1. The average Bonchev–Trinajstić information content (AvgIpc) is 3.08. The fourth-order valence-corrected chi connectivity index (χ4v) is 5.98. The summed E-state index contributed by atoms with van der Waals surface area (Å²) >= 11 is -0.251. The van der Waals surface area contributed by atoms with Crippen molar-refractivity contribution in [2.75, 3.05) is 31.1 Å². The minimum atomic E-state index is -4.45. The van der Waals surface area contributed by atoms with Crippen molar-refractivity contribution in [1.82, 2.24) is 14.7 Å². The molecule has 0 saturated carbocycles. The number of nitrogens with zero attached hydrogens (tertiary/aromatic N) is 4. The number of hydrogen-bond acceptors (Lipinski definition) is 6. The molecule has 0 unspecified atom stereocenters. The van der Waals surface area contributed by atoms with E-state index in [1.807, 2.05) is 83.8 Å². The van der Waals surface area contributed by atoms with Crippen molar-refractivity contribution >= 4 is 23.4 Å². The van der Waals surface area contributed by atoms with Crippen LogP contribution in [0.2, 0.25) is 0 Å². The molecule has 0 aliphatic carbocycles. The lowest BCUT2D eigenvalue weighted by atomic mass is 10.0. The average molecular weight is 643 g/mol. The summed E-state index contributed by atoms with van der Waals surface area (Å²) in [6, 6.07) is 33.9. The summed E-state index contributed by atoms with van der Waals surface area (Å²) in [6.07, 6.45) is 1.01. The first kappa shape index (κ1) is 31.0. The lowest BCUT2D eigenvalue weighted by Gasteiger charge is -2.36.